The van der Waals surface area contributed by atoms with Gasteiger partial charge in [-0.25, -0.2) is 0 Å². The minimum absolute atomic E-state index is 0. The second-order valence-corrected chi connectivity index (χ2v) is 6.17. The minimum atomic E-state index is -0.217. The van der Waals surface area contributed by atoms with Gasteiger partial charge in [-0.2, -0.15) is 0 Å². The van der Waals surface area contributed by atoms with Crippen molar-refractivity contribution >= 4 is 35.0 Å². The largest absolute Gasteiger partial charge is 0.356 e. The van der Waals surface area contributed by atoms with Crippen LogP contribution in [0.5, 0.6) is 0 Å². The average Bonchev–Trinajstić information content (AvgIpc) is 2.64. The van der Waals surface area contributed by atoms with Crippen LogP contribution in [0.15, 0.2) is 42.5 Å². The van der Waals surface area contributed by atoms with E-state index in [2.05, 4.69) is 22.8 Å². The molecule has 0 fully saturated rings. The predicted octanol–water partition coefficient (Wildman–Crippen LogP) is 3.07. The quantitative estimate of drug-likeness (QED) is 0.627. The van der Waals surface area contributed by atoms with Crippen molar-refractivity contribution in [2.75, 3.05) is 13.1 Å². The molecule has 1 atom stereocenters. The van der Waals surface area contributed by atoms with Crippen LogP contribution in [-0.4, -0.2) is 24.9 Å². The Hall–Kier alpha value is -2.11. The third kappa shape index (κ3) is 6.65. The molecule has 26 heavy (non-hydrogen) atoms. The molecule has 1 unspecified atom stereocenters. The highest BCUT2D eigenvalue weighted by molar-refractivity contribution is 5.85. The molecule has 0 aromatic heterocycles. The molecule has 2 aromatic rings. The molecule has 142 valence electrons. The number of benzene rings is 2. The van der Waals surface area contributed by atoms with E-state index < -0.39 is 0 Å². The number of halogens is 1. The van der Waals surface area contributed by atoms with E-state index in [1.807, 2.05) is 37.3 Å². The van der Waals surface area contributed by atoms with Gasteiger partial charge in [-0.3, -0.25) is 9.59 Å². The Morgan fingerprint density at radius 1 is 1.04 bits per heavy atom. The van der Waals surface area contributed by atoms with Gasteiger partial charge in [-0.1, -0.05) is 43.3 Å². The van der Waals surface area contributed by atoms with Crippen LogP contribution in [0.4, 0.5) is 0 Å². The van der Waals surface area contributed by atoms with Crippen LogP contribution in [0.1, 0.15) is 44.2 Å². The standard InChI is InChI=1S/C20H27N3O2.ClH/c1-2-12-22-19(24)8-5-9-20(25)23-18(14-21)17-11-10-15-6-3-4-7-16(15)13-17;/h3-4,6-7,10-11,13,18H,2,5,8-9,12,14,21H2,1H3,(H,22,24)(H,23,25);1H. The lowest BCUT2D eigenvalue weighted by molar-refractivity contribution is -0.122. The number of hydrogen-bond donors (Lipinski definition) is 3. The number of fused-ring (bicyclic) bond motifs is 1. The van der Waals surface area contributed by atoms with Crippen LogP contribution in [-0.2, 0) is 9.59 Å². The van der Waals surface area contributed by atoms with E-state index in [4.69, 9.17) is 5.73 Å². The molecular formula is C20H28ClN3O2. The van der Waals surface area contributed by atoms with Crippen LogP contribution in [0.2, 0.25) is 0 Å². The van der Waals surface area contributed by atoms with E-state index in [1.165, 1.54) is 0 Å². The number of rotatable bonds is 9. The summed E-state index contributed by atoms with van der Waals surface area (Å²) in [6, 6.07) is 14.0. The Morgan fingerprint density at radius 2 is 1.73 bits per heavy atom. The lowest BCUT2D eigenvalue weighted by atomic mass is 10.0. The van der Waals surface area contributed by atoms with E-state index >= 15 is 0 Å². The molecule has 0 bridgehead atoms. The molecule has 0 saturated heterocycles. The lowest BCUT2D eigenvalue weighted by Crippen LogP contribution is -2.33. The van der Waals surface area contributed by atoms with E-state index in [-0.39, 0.29) is 30.3 Å². The summed E-state index contributed by atoms with van der Waals surface area (Å²) in [4.78, 5) is 23.7. The van der Waals surface area contributed by atoms with Gasteiger partial charge in [0.15, 0.2) is 0 Å². The molecular weight excluding hydrogens is 350 g/mol. The Kier molecular flexibility index (Phi) is 9.70. The average molecular weight is 378 g/mol. The number of nitrogens with two attached hydrogens (primary N) is 1. The van der Waals surface area contributed by atoms with Crippen molar-refractivity contribution in [2.24, 2.45) is 5.73 Å². The first kappa shape index (κ1) is 21.9. The van der Waals surface area contributed by atoms with Gasteiger partial charge < -0.3 is 16.4 Å². The maximum absolute atomic E-state index is 12.1. The Morgan fingerprint density at radius 3 is 2.42 bits per heavy atom. The minimum Gasteiger partial charge on any atom is -0.356 e. The molecule has 0 radical (unpaired) electrons. The third-order valence-electron chi connectivity index (χ3n) is 4.13. The van der Waals surface area contributed by atoms with Crippen LogP contribution in [0.25, 0.3) is 10.8 Å². The molecule has 2 aromatic carbocycles. The van der Waals surface area contributed by atoms with Crippen molar-refractivity contribution in [3.8, 4) is 0 Å². The zero-order chi connectivity index (χ0) is 18.1. The summed E-state index contributed by atoms with van der Waals surface area (Å²) >= 11 is 0. The summed E-state index contributed by atoms with van der Waals surface area (Å²) < 4.78 is 0. The first-order valence-electron chi connectivity index (χ1n) is 8.89. The Balaban J connectivity index is 0.00000338. The highest BCUT2D eigenvalue weighted by Crippen LogP contribution is 2.20. The van der Waals surface area contributed by atoms with Crippen molar-refractivity contribution in [1.29, 1.82) is 0 Å². The first-order chi connectivity index (χ1) is 12.1. The van der Waals surface area contributed by atoms with Crippen molar-refractivity contribution in [3.63, 3.8) is 0 Å². The molecule has 0 aliphatic rings. The van der Waals surface area contributed by atoms with Crippen molar-refractivity contribution in [2.45, 2.75) is 38.6 Å². The molecule has 4 N–H and O–H groups in total. The Bertz CT molecular complexity index is 721. The topological polar surface area (TPSA) is 84.2 Å². The van der Waals surface area contributed by atoms with Crippen LogP contribution in [0, 0.1) is 0 Å². The monoisotopic (exact) mass is 377 g/mol. The van der Waals surface area contributed by atoms with E-state index in [0.717, 1.165) is 22.8 Å². The fourth-order valence-electron chi connectivity index (χ4n) is 2.73. The highest BCUT2D eigenvalue weighted by atomic mass is 35.5. The molecule has 5 nitrogen and oxygen atoms in total. The maximum atomic E-state index is 12.1. The fourth-order valence-corrected chi connectivity index (χ4v) is 2.73. The molecule has 6 heteroatoms. The number of nitrogens with one attached hydrogen (secondary N) is 2. The number of hydrogen-bond acceptors (Lipinski definition) is 3. The lowest BCUT2D eigenvalue weighted by Gasteiger charge is -2.18. The summed E-state index contributed by atoms with van der Waals surface area (Å²) in [6.45, 7) is 3.02. The predicted molar refractivity (Wildman–Crippen MR) is 108 cm³/mol. The van der Waals surface area contributed by atoms with E-state index in [0.29, 0.717) is 32.4 Å². The van der Waals surface area contributed by atoms with Crippen molar-refractivity contribution < 1.29 is 9.59 Å². The van der Waals surface area contributed by atoms with Gasteiger partial charge in [0.1, 0.15) is 0 Å². The summed E-state index contributed by atoms with van der Waals surface area (Å²) in [5, 5.41) is 8.06. The van der Waals surface area contributed by atoms with E-state index in [1.54, 1.807) is 0 Å². The van der Waals surface area contributed by atoms with Gasteiger partial charge in [0.2, 0.25) is 11.8 Å². The van der Waals surface area contributed by atoms with Crippen LogP contribution < -0.4 is 16.4 Å². The number of carbonyl (C=O) groups is 2. The maximum Gasteiger partial charge on any atom is 0.220 e. The zero-order valence-electron chi connectivity index (χ0n) is 15.2. The molecule has 0 aliphatic heterocycles. The normalized spacial score (nSPS) is 11.5. The SMILES string of the molecule is CCCNC(=O)CCCC(=O)NC(CN)c1ccc2ccccc2c1.Cl. The second-order valence-electron chi connectivity index (χ2n) is 6.17. The van der Waals surface area contributed by atoms with Gasteiger partial charge in [-0.05, 0) is 35.2 Å². The fraction of sp³-hybridized carbons (Fsp3) is 0.400. The molecule has 0 saturated carbocycles. The molecule has 0 aliphatic carbocycles. The van der Waals surface area contributed by atoms with Crippen LogP contribution >= 0.6 is 12.4 Å². The third-order valence-corrected chi connectivity index (χ3v) is 4.13. The number of carbonyl (C=O) groups excluding carboxylic acids is 2. The van der Waals surface area contributed by atoms with Gasteiger partial charge in [0.25, 0.3) is 0 Å². The number of amides is 2. The highest BCUT2D eigenvalue weighted by Gasteiger charge is 2.13. The van der Waals surface area contributed by atoms with Gasteiger partial charge in [-0.15, -0.1) is 12.4 Å². The zero-order valence-corrected chi connectivity index (χ0v) is 16.0. The van der Waals surface area contributed by atoms with Gasteiger partial charge >= 0.3 is 0 Å². The van der Waals surface area contributed by atoms with Gasteiger partial charge in [0.05, 0.1) is 6.04 Å². The second kappa shape index (κ2) is 11.5. The summed E-state index contributed by atoms with van der Waals surface area (Å²) in [7, 11) is 0. The molecule has 2 amide bonds. The molecule has 2 rings (SSSR count). The molecule has 0 spiro atoms. The van der Waals surface area contributed by atoms with Gasteiger partial charge in [0, 0.05) is 25.9 Å². The van der Waals surface area contributed by atoms with Crippen LogP contribution in [0.3, 0.4) is 0 Å². The summed E-state index contributed by atoms with van der Waals surface area (Å²) in [5.41, 5.74) is 6.85. The first-order valence-corrected chi connectivity index (χ1v) is 8.89. The van der Waals surface area contributed by atoms with E-state index in [9.17, 15) is 9.59 Å². The summed E-state index contributed by atoms with van der Waals surface area (Å²) in [5.74, 6) is -0.0774. The van der Waals surface area contributed by atoms with Crippen molar-refractivity contribution in [3.05, 3.63) is 48.0 Å². The smallest absolute Gasteiger partial charge is 0.220 e. The van der Waals surface area contributed by atoms with Crippen molar-refractivity contribution in [1.82, 2.24) is 10.6 Å². The summed E-state index contributed by atoms with van der Waals surface area (Å²) in [6.07, 6.45) is 2.15. The Labute approximate surface area is 161 Å². The molecule has 0 heterocycles.